The molecule has 0 unspecified atom stereocenters. The Morgan fingerprint density at radius 2 is 1.68 bits per heavy atom. The van der Waals surface area contributed by atoms with Gasteiger partial charge in [-0.15, -0.1) is 0 Å². The van der Waals surface area contributed by atoms with Crippen LogP contribution < -0.4 is 10.6 Å². The molecule has 0 aliphatic carbocycles. The molecule has 2 amide bonds. The number of hydrogen-bond donors (Lipinski definition) is 2. The van der Waals surface area contributed by atoms with Crippen LogP contribution in [0.2, 0.25) is 0 Å². The van der Waals surface area contributed by atoms with E-state index in [4.69, 9.17) is 4.42 Å². The zero-order valence-corrected chi connectivity index (χ0v) is 15.0. The SMILES string of the molecule is CCOC(=O)CCc1nc(C(=O)NCC(=O)OCC)c(NC(=O)C(F)(F)F)o1. The summed E-state index contributed by atoms with van der Waals surface area (Å²) in [5, 5.41) is 3.47. The summed E-state index contributed by atoms with van der Waals surface area (Å²) < 4.78 is 51.6. The molecule has 1 aromatic heterocycles. The lowest BCUT2D eigenvalue weighted by Gasteiger charge is -2.07. The van der Waals surface area contributed by atoms with Crippen molar-refractivity contribution in [2.45, 2.75) is 32.9 Å². The second kappa shape index (κ2) is 10.3. The highest BCUT2D eigenvalue weighted by molar-refractivity contribution is 6.02. The molecule has 1 rings (SSSR count). The third kappa shape index (κ3) is 7.25. The molecule has 0 saturated carbocycles. The Morgan fingerprint density at radius 1 is 1.07 bits per heavy atom. The lowest BCUT2D eigenvalue weighted by atomic mass is 10.3. The Morgan fingerprint density at radius 3 is 2.25 bits per heavy atom. The van der Waals surface area contributed by atoms with Crippen molar-refractivity contribution in [3.05, 3.63) is 11.6 Å². The molecule has 1 heterocycles. The molecular formula is C15H18F3N3O7. The fourth-order valence-electron chi connectivity index (χ4n) is 1.77. The second-order valence-electron chi connectivity index (χ2n) is 5.03. The van der Waals surface area contributed by atoms with E-state index < -0.39 is 48.1 Å². The van der Waals surface area contributed by atoms with Crippen LogP contribution in [0.5, 0.6) is 0 Å². The minimum absolute atomic E-state index is 0.0591. The Kier molecular flexibility index (Phi) is 8.41. The molecule has 10 nitrogen and oxygen atoms in total. The second-order valence-corrected chi connectivity index (χ2v) is 5.03. The van der Waals surface area contributed by atoms with Crippen LogP contribution in [0.1, 0.15) is 36.6 Å². The first-order chi connectivity index (χ1) is 13.1. The molecule has 0 radical (unpaired) electrons. The van der Waals surface area contributed by atoms with Crippen molar-refractivity contribution in [3.8, 4) is 0 Å². The molecule has 0 spiro atoms. The predicted octanol–water partition coefficient (Wildman–Crippen LogP) is 0.964. The number of ether oxygens (including phenoxy) is 2. The molecule has 2 N–H and O–H groups in total. The zero-order chi connectivity index (χ0) is 21.3. The van der Waals surface area contributed by atoms with Gasteiger partial charge in [0.1, 0.15) is 6.54 Å². The van der Waals surface area contributed by atoms with Gasteiger partial charge in [0.25, 0.3) is 5.91 Å². The highest BCUT2D eigenvalue weighted by atomic mass is 19.4. The summed E-state index contributed by atoms with van der Waals surface area (Å²) in [6, 6.07) is 0. The average molecular weight is 409 g/mol. The number of hydrogen-bond acceptors (Lipinski definition) is 8. The van der Waals surface area contributed by atoms with Crippen LogP contribution >= 0.6 is 0 Å². The van der Waals surface area contributed by atoms with Gasteiger partial charge in [0, 0.05) is 6.42 Å². The monoisotopic (exact) mass is 409 g/mol. The Balaban J connectivity index is 2.96. The van der Waals surface area contributed by atoms with E-state index in [1.54, 1.807) is 6.92 Å². The third-order valence-corrected chi connectivity index (χ3v) is 2.92. The number of aryl methyl sites for hydroxylation is 1. The van der Waals surface area contributed by atoms with E-state index in [0.29, 0.717) is 0 Å². The maximum absolute atomic E-state index is 12.5. The first-order valence-electron chi connectivity index (χ1n) is 8.05. The number of rotatable bonds is 9. The van der Waals surface area contributed by atoms with Gasteiger partial charge in [-0.3, -0.25) is 24.5 Å². The van der Waals surface area contributed by atoms with Crippen molar-refractivity contribution < 1.29 is 46.2 Å². The fourth-order valence-corrected chi connectivity index (χ4v) is 1.77. The van der Waals surface area contributed by atoms with Crippen molar-refractivity contribution >= 4 is 29.6 Å². The molecule has 0 aliphatic heterocycles. The van der Waals surface area contributed by atoms with Crippen molar-refractivity contribution in [2.75, 3.05) is 25.1 Å². The fraction of sp³-hybridized carbons (Fsp3) is 0.533. The van der Waals surface area contributed by atoms with Crippen LogP contribution in [0.25, 0.3) is 0 Å². The van der Waals surface area contributed by atoms with Crippen molar-refractivity contribution in [2.24, 2.45) is 0 Å². The number of carbonyl (C=O) groups excluding carboxylic acids is 4. The lowest BCUT2D eigenvalue weighted by molar-refractivity contribution is -0.167. The van der Waals surface area contributed by atoms with Crippen LogP contribution in [0.4, 0.5) is 19.1 Å². The lowest BCUT2D eigenvalue weighted by Crippen LogP contribution is -2.33. The number of oxazole rings is 1. The van der Waals surface area contributed by atoms with Gasteiger partial charge in [-0.25, -0.2) is 4.98 Å². The van der Waals surface area contributed by atoms with E-state index >= 15 is 0 Å². The number of amides is 2. The van der Waals surface area contributed by atoms with Gasteiger partial charge >= 0.3 is 24.0 Å². The van der Waals surface area contributed by atoms with E-state index in [0.717, 1.165) is 0 Å². The number of anilines is 1. The molecule has 156 valence electrons. The predicted molar refractivity (Wildman–Crippen MR) is 85.1 cm³/mol. The molecular weight excluding hydrogens is 391 g/mol. The van der Waals surface area contributed by atoms with Gasteiger partial charge in [0.15, 0.2) is 11.6 Å². The number of nitrogens with one attached hydrogen (secondary N) is 2. The number of nitrogens with zero attached hydrogens (tertiary/aromatic N) is 1. The summed E-state index contributed by atoms with van der Waals surface area (Å²) in [6.45, 7) is 2.73. The van der Waals surface area contributed by atoms with E-state index in [-0.39, 0.29) is 31.9 Å². The summed E-state index contributed by atoms with van der Waals surface area (Å²) in [7, 11) is 0. The average Bonchev–Trinajstić information content (AvgIpc) is 3.00. The number of aromatic nitrogens is 1. The van der Waals surface area contributed by atoms with Gasteiger partial charge < -0.3 is 19.2 Å². The van der Waals surface area contributed by atoms with E-state index in [1.807, 2.05) is 0 Å². The van der Waals surface area contributed by atoms with Crippen LogP contribution in [-0.2, 0) is 30.3 Å². The molecule has 0 aromatic carbocycles. The summed E-state index contributed by atoms with van der Waals surface area (Å²) in [5.41, 5.74) is -0.694. The quantitative estimate of drug-likeness (QED) is 0.576. The molecule has 0 fully saturated rings. The number of alkyl halides is 3. The standard InChI is InChI=1S/C15H18F3N3O7/c1-3-26-9(22)6-5-8-20-11(12(24)19-7-10(23)27-4-2)13(28-8)21-14(25)15(16,17)18/h3-7H2,1-2H3,(H,19,24)(H,21,25). The third-order valence-electron chi connectivity index (χ3n) is 2.92. The summed E-state index contributed by atoms with van der Waals surface area (Å²) >= 11 is 0. The normalized spacial score (nSPS) is 10.9. The number of halogens is 3. The topological polar surface area (TPSA) is 137 Å². The van der Waals surface area contributed by atoms with E-state index in [9.17, 15) is 32.3 Å². The molecule has 0 bridgehead atoms. The van der Waals surface area contributed by atoms with Crippen LogP contribution in [0.3, 0.4) is 0 Å². The summed E-state index contributed by atoms with van der Waals surface area (Å²) in [6.07, 6.45) is -5.65. The van der Waals surface area contributed by atoms with Gasteiger partial charge in [0.2, 0.25) is 5.88 Å². The molecule has 1 aromatic rings. The first-order valence-corrected chi connectivity index (χ1v) is 8.05. The van der Waals surface area contributed by atoms with E-state index in [2.05, 4.69) is 19.8 Å². The largest absolute Gasteiger partial charge is 0.471 e. The molecule has 28 heavy (non-hydrogen) atoms. The molecule has 0 atom stereocenters. The number of esters is 2. The van der Waals surface area contributed by atoms with Crippen molar-refractivity contribution in [3.63, 3.8) is 0 Å². The smallest absolute Gasteiger partial charge is 0.466 e. The highest BCUT2D eigenvalue weighted by Gasteiger charge is 2.40. The van der Waals surface area contributed by atoms with E-state index in [1.165, 1.54) is 12.2 Å². The Hall–Kier alpha value is -3.12. The number of carbonyl (C=O) groups is 4. The van der Waals surface area contributed by atoms with Gasteiger partial charge in [0.05, 0.1) is 19.6 Å². The summed E-state index contributed by atoms with van der Waals surface area (Å²) in [4.78, 5) is 49.5. The van der Waals surface area contributed by atoms with Gasteiger partial charge in [-0.05, 0) is 13.8 Å². The zero-order valence-electron chi connectivity index (χ0n) is 15.0. The maximum atomic E-state index is 12.5. The Labute approximate surface area is 156 Å². The minimum Gasteiger partial charge on any atom is -0.466 e. The highest BCUT2D eigenvalue weighted by Crippen LogP contribution is 2.23. The molecule has 13 heteroatoms. The van der Waals surface area contributed by atoms with Crippen LogP contribution in [0.15, 0.2) is 4.42 Å². The van der Waals surface area contributed by atoms with Gasteiger partial charge in [-0.2, -0.15) is 13.2 Å². The first kappa shape index (κ1) is 22.9. The maximum Gasteiger partial charge on any atom is 0.471 e. The van der Waals surface area contributed by atoms with Crippen LogP contribution in [0, 0.1) is 0 Å². The summed E-state index contributed by atoms with van der Waals surface area (Å²) in [5.74, 6) is -6.04. The van der Waals surface area contributed by atoms with Gasteiger partial charge in [-0.1, -0.05) is 0 Å². The molecule has 0 aliphatic rings. The van der Waals surface area contributed by atoms with Crippen LogP contribution in [-0.4, -0.2) is 54.7 Å². The Bertz CT molecular complexity index is 731. The minimum atomic E-state index is -5.24. The molecule has 0 saturated heterocycles. The van der Waals surface area contributed by atoms with Crippen molar-refractivity contribution in [1.82, 2.24) is 10.3 Å². The van der Waals surface area contributed by atoms with Crippen molar-refractivity contribution in [1.29, 1.82) is 0 Å².